The van der Waals surface area contributed by atoms with Crippen LogP contribution >= 0.6 is 0 Å². The smallest absolute Gasteiger partial charge is 0.307 e. The fraction of sp³-hybridized carbons (Fsp3) is 0.421. The zero-order chi connectivity index (χ0) is 18.0. The van der Waals surface area contributed by atoms with Crippen molar-refractivity contribution >= 4 is 29.2 Å². The van der Waals surface area contributed by atoms with E-state index < -0.39 is 17.8 Å². The van der Waals surface area contributed by atoms with Crippen molar-refractivity contribution in [2.75, 3.05) is 16.8 Å². The van der Waals surface area contributed by atoms with E-state index in [1.165, 1.54) is 0 Å². The number of carbonyl (C=O) groups excluding carboxylic acids is 2. The molecular formula is C19H22N2O4. The van der Waals surface area contributed by atoms with Crippen LogP contribution in [0.5, 0.6) is 0 Å². The van der Waals surface area contributed by atoms with Crippen LogP contribution in [0.1, 0.15) is 31.2 Å². The first-order valence-electron chi connectivity index (χ1n) is 8.57. The molecule has 0 saturated carbocycles. The summed E-state index contributed by atoms with van der Waals surface area (Å²) in [5.41, 5.74) is 2.25. The van der Waals surface area contributed by atoms with Crippen LogP contribution in [0.25, 0.3) is 0 Å². The number of rotatable bonds is 4. The van der Waals surface area contributed by atoms with Gasteiger partial charge in [0.2, 0.25) is 11.8 Å². The standard InChI is InChI=1S/C19H22N2O4/c1-12-15(8-4-9-16(12)21-11-5-10-17(21)22)20-18(23)13-6-2-3-7-14(13)19(24)25/h2-4,8-9,13-14H,5-7,10-11H2,1H3,(H,20,23)(H,24,25)/t13-,14+/m1/s1. The minimum absolute atomic E-state index is 0.0925. The zero-order valence-corrected chi connectivity index (χ0v) is 14.2. The van der Waals surface area contributed by atoms with Crippen LogP contribution in [0.15, 0.2) is 30.4 Å². The van der Waals surface area contributed by atoms with Gasteiger partial charge in [-0.15, -0.1) is 0 Å². The summed E-state index contributed by atoms with van der Waals surface area (Å²) in [5.74, 6) is -2.43. The van der Waals surface area contributed by atoms with Crippen molar-refractivity contribution in [1.82, 2.24) is 0 Å². The fourth-order valence-electron chi connectivity index (χ4n) is 3.56. The number of nitrogens with zero attached hydrogens (tertiary/aromatic N) is 1. The van der Waals surface area contributed by atoms with E-state index in [0.29, 0.717) is 31.5 Å². The highest BCUT2D eigenvalue weighted by molar-refractivity contribution is 5.99. The number of carboxylic acid groups (broad SMARTS) is 1. The highest BCUT2D eigenvalue weighted by atomic mass is 16.4. The summed E-state index contributed by atoms with van der Waals surface area (Å²) in [6.07, 6.45) is 5.85. The lowest BCUT2D eigenvalue weighted by Crippen LogP contribution is -2.35. The second-order valence-electron chi connectivity index (χ2n) is 6.58. The first kappa shape index (κ1) is 17.2. The predicted octanol–water partition coefficient (Wildman–Crippen LogP) is 2.73. The van der Waals surface area contributed by atoms with Crippen LogP contribution in [-0.2, 0) is 14.4 Å². The molecule has 2 amide bonds. The number of amides is 2. The quantitative estimate of drug-likeness (QED) is 0.824. The van der Waals surface area contributed by atoms with Crippen molar-refractivity contribution in [2.24, 2.45) is 11.8 Å². The number of carboxylic acids is 1. The van der Waals surface area contributed by atoms with Crippen molar-refractivity contribution in [2.45, 2.75) is 32.6 Å². The molecule has 2 aliphatic rings. The maximum Gasteiger partial charge on any atom is 0.307 e. The van der Waals surface area contributed by atoms with Crippen LogP contribution in [0, 0.1) is 18.8 Å². The number of hydrogen-bond acceptors (Lipinski definition) is 3. The van der Waals surface area contributed by atoms with Gasteiger partial charge in [-0.2, -0.15) is 0 Å². The van der Waals surface area contributed by atoms with Gasteiger partial charge in [-0.25, -0.2) is 0 Å². The maximum absolute atomic E-state index is 12.6. The molecule has 0 bridgehead atoms. The molecular weight excluding hydrogens is 320 g/mol. The topological polar surface area (TPSA) is 86.7 Å². The summed E-state index contributed by atoms with van der Waals surface area (Å²) in [4.78, 5) is 37.8. The van der Waals surface area contributed by atoms with E-state index in [0.717, 1.165) is 17.7 Å². The molecule has 0 aromatic heterocycles. The molecule has 0 unspecified atom stereocenters. The molecule has 2 N–H and O–H groups in total. The number of allylic oxidation sites excluding steroid dienone is 2. The second-order valence-corrected chi connectivity index (χ2v) is 6.58. The van der Waals surface area contributed by atoms with E-state index >= 15 is 0 Å². The lowest BCUT2D eigenvalue weighted by atomic mass is 9.82. The third-order valence-electron chi connectivity index (χ3n) is 5.01. The highest BCUT2D eigenvalue weighted by Gasteiger charge is 2.34. The average molecular weight is 342 g/mol. The van der Waals surface area contributed by atoms with Crippen LogP contribution in [0.3, 0.4) is 0 Å². The molecule has 1 fully saturated rings. The molecule has 2 atom stereocenters. The zero-order valence-electron chi connectivity index (χ0n) is 14.2. The van der Waals surface area contributed by atoms with Gasteiger partial charge in [-0.05, 0) is 43.9 Å². The number of hydrogen-bond donors (Lipinski definition) is 2. The van der Waals surface area contributed by atoms with Crippen LogP contribution in [0.4, 0.5) is 11.4 Å². The second kappa shape index (κ2) is 7.09. The summed E-state index contributed by atoms with van der Waals surface area (Å²) in [7, 11) is 0. The molecule has 3 rings (SSSR count). The summed E-state index contributed by atoms with van der Waals surface area (Å²) < 4.78 is 0. The first-order chi connectivity index (χ1) is 12.0. The first-order valence-corrected chi connectivity index (χ1v) is 8.57. The van der Waals surface area contributed by atoms with Crippen molar-refractivity contribution in [3.8, 4) is 0 Å². The number of aliphatic carboxylic acids is 1. The molecule has 1 aliphatic heterocycles. The third kappa shape index (κ3) is 3.43. The van der Waals surface area contributed by atoms with E-state index in [1.807, 2.05) is 25.1 Å². The SMILES string of the molecule is Cc1c(NC(=O)[C@@H]2CC=CC[C@@H]2C(=O)O)cccc1N1CCCC1=O. The average Bonchev–Trinajstić information content (AvgIpc) is 3.02. The largest absolute Gasteiger partial charge is 0.481 e. The van der Waals surface area contributed by atoms with Crippen molar-refractivity contribution in [1.29, 1.82) is 0 Å². The third-order valence-corrected chi connectivity index (χ3v) is 5.01. The number of carbonyl (C=O) groups is 3. The van der Waals surface area contributed by atoms with Crippen molar-refractivity contribution < 1.29 is 19.5 Å². The van der Waals surface area contributed by atoms with Crippen LogP contribution in [0.2, 0.25) is 0 Å². The molecule has 6 heteroatoms. The van der Waals surface area contributed by atoms with Gasteiger partial charge in [0, 0.05) is 24.3 Å². The Hall–Kier alpha value is -2.63. The molecule has 0 radical (unpaired) electrons. The Kier molecular flexibility index (Phi) is 4.88. The van der Waals surface area contributed by atoms with Crippen LogP contribution < -0.4 is 10.2 Å². The number of benzene rings is 1. The van der Waals surface area contributed by atoms with Crippen molar-refractivity contribution in [3.05, 3.63) is 35.9 Å². The summed E-state index contributed by atoms with van der Waals surface area (Å²) in [6.45, 7) is 2.55. The van der Waals surface area contributed by atoms with Gasteiger partial charge in [-0.1, -0.05) is 18.2 Å². The van der Waals surface area contributed by atoms with E-state index in [9.17, 15) is 19.5 Å². The fourth-order valence-corrected chi connectivity index (χ4v) is 3.56. The Balaban J connectivity index is 1.81. The molecule has 25 heavy (non-hydrogen) atoms. The van der Waals surface area contributed by atoms with Gasteiger partial charge in [-0.3, -0.25) is 14.4 Å². The Morgan fingerprint density at radius 1 is 1.20 bits per heavy atom. The Morgan fingerprint density at radius 2 is 1.92 bits per heavy atom. The van der Waals surface area contributed by atoms with Gasteiger partial charge in [0.05, 0.1) is 11.8 Å². The van der Waals surface area contributed by atoms with Gasteiger partial charge in [0.25, 0.3) is 0 Å². The van der Waals surface area contributed by atoms with E-state index in [1.54, 1.807) is 17.0 Å². The predicted molar refractivity (Wildman–Crippen MR) is 94.4 cm³/mol. The maximum atomic E-state index is 12.6. The lowest BCUT2D eigenvalue weighted by molar-refractivity contribution is -0.146. The minimum Gasteiger partial charge on any atom is -0.481 e. The van der Waals surface area contributed by atoms with Gasteiger partial charge >= 0.3 is 5.97 Å². The monoisotopic (exact) mass is 342 g/mol. The van der Waals surface area contributed by atoms with Gasteiger partial charge in [0.15, 0.2) is 0 Å². The van der Waals surface area contributed by atoms with Gasteiger partial charge in [0.1, 0.15) is 0 Å². The number of nitrogens with one attached hydrogen (secondary N) is 1. The summed E-state index contributed by atoms with van der Waals surface area (Å²) in [5, 5.41) is 12.2. The Morgan fingerprint density at radius 3 is 2.56 bits per heavy atom. The molecule has 1 saturated heterocycles. The minimum atomic E-state index is -0.947. The molecule has 1 heterocycles. The molecule has 132 valence electrons. The van der Waals surface area contributed by atoms with E-state index in [4.69, 9.17) is 0 Å². The molecule has 6 nitrogen and oxygen atoms in total. The Labute approximate surface area is 146 Å². The highest BCUT2D eigenvalue weighted by Crippen LogP contribution is 2.32. The lowest BCUT2D eigenvalue weighted by Gasteiger charge is -2.25. The Bertz CT molecular complexity index is 741. The number of anilines is 2. The molecule has 1 aromatic rings. The van der Waals surface area contributed by atoms with Gasteiger partial charge < -0.3 is 15.3 Å². The van der Waals surface area contributed by atoms with Crippen molar-refractivity contribution in [3.63, 3.8) is 0 Å². The summed E-state index contributed by atoms with van der Waals surface area (Å²) in [6, 6.07) is 5.46. The molecule has 0 spiro atoms. The molecule has 1 aromatic carbocycles. The molecule has 1 aliphatic carbocycles. The van der Waals surface area contributed by atoms with E-state index in [-0.39, 0.29) is 11.8 Å². The van der Waals surface area contributed by atoms with Crippen LogP contribution in [-0.4, -0.2) is 29.4 Å². The normalized spacial score (nSPS) is 22.9. The summed E-state index contributed by atoms with van der Waals surface area (Å²) >= 11 is 0. The van der Waals surface area contributed by atoms with E-state index in [2.05, 4.69) is 5.32 Å².